The van der Waals surface area contributed by atoms with Gasteiger partial charge in [0.25, 0.3) is 0 Å². The van der Waals surface area contributed by atoms with Gasteiger partial charge in [0.2, 0.25) is 17.7 Å². The molecule has 4 aromatic rings. The first-order valence-corrected chi connectivity index (χ1v) is 16.3. The molecule has 48 heavy (non-hydrogen) atoms. The van der Waals surface area contributed by atoms with Crippen LogP contribution in [0, 0.1) is 0 Å². The van der Waals surface area contributed by atoms with Gasteiger partial charge in [-0.1, -0.05) is 59.6 Å². The van der Waals surface area contributed by atoms with E-state index in [1.165, 1.54) is 7.11 Å². The van der Waals surface area contributed by atoms with E-state index in [1.54, 1.807) is 19.5 Å². The lowest BCUT2D eigenvalue weighted by Gasteiger charge is -2.38. The molecule has 2 fully saturated rings. The quantitative estimate of drug-likeness (QED) is 0.165. The second-order valence-electron chi connectivity index (χ2n) is 11.7. The second kappa shape index (κ2) is 15.1. The minimum atomic E-state index is -2.79. The van der Waals surface area contributed by atoms with E-state index in [4.69, 9.17) is 37.7 Å². The standard InChI is InChI=1S/C34H34Cl2F2N6O4/c1-46-32-25(11-3-6-19-12-13-29(45)41-19)39-14-26(42-32)23-9-4-7-21(30(23)35)22-8-5-10-24(31(22)36)27-15-40-28(33(43-27)47-2)18-44-16-20(17-44)48-34(37)38/h4-5,7-10,14-15,19-20,34H,3,6,11-13,16-18H2,1-2H3,(H,41,45)/t19-/m1/s1. The van der Waals surface area contributed by atoms with Crippen molar-refractivity contribution in [2.45, 2.75) is 57.4 Å². The Labute approximate surface area is 286 Å². The summed E-state index contributed by atoms with van der Waals surface area (Å²) in [5.41, 5.74) is 5.05. The summed E-state index contributed by atoms with van der Waals surface area (Å²) in [6.07, 6.45) is 6.62. The summed E-state index contributed by atoms with van der Waals surface area (Å²) in [6.45, 7) is -1.67. The zero-order chi connectivity index (χ0) is 33.8. The molecule has 2 aromatic heterocycles. The maximum atomic E-state index is 12.5. The Morgan fingerprint density at radius 3 is 2.00 bits per heavy atom. The van der Waals surface area contributed by atoms with E-state index < -0.39 is 12.7 Å². The number of halogens is 4. The number of amides is 1. The Balaban J connectivity index is 1.21. The molecule has 252 valence electrons. The van der Waals surface area contributed by atoms with Crippen LogP contribution in [0.25, 0.3) is 33.6 Å². The van der Waals surface area contributed by atoms with Crippen molar-refractivity contribution in [1.82, 2.24) is 30.2 Å². The average Bonchev–Trinajstić information content (AvgIpc) is 3.48. The Hall–Kier alpha value is -3.97. The third-order valence-electron chi connectivity index (χ3n) is 8.49. The first kappa shape index (κ1) is 33.9. The normalized spacial score (nSPS) is 16.6. The molecule has 0 bridgehead atoms. The van der Waals surface area contributed by atoms with Gasteiger partial charge in [0.05, 0.1) is 54.2 Å². The highest BCUT2D eigenvalue weighted by Gasteiger charge is 2.31. The van der Waals surface area contributed by atoms with E-state index >= 15 is 0 Å². The van der Waals surface area contributed by atoms with Crippen LogP contribution in [0.1, 0.15) is 37.1 Å². The number of nitrogens with one attached hydrogen (secondary N) is 1. The number of ether oxygens (including phenoxy) is 3. The highest BCUT2D eigenvalue weighted by molar-refractivity contribution is 6.39. The van der Waals surface area contributed by atoms with Crippen molar-refractivity contribution in [1.29, 1.82) is 0 Å². The average molecular weight is 700 g/mol. The van der Waals surface area contributed by atoms with Crippen LogP contribution < -0.4 is 14.8 Å². The number of hydrogen-bond acceptors (Lipinski definition) is 9. The van der Waals surface area contributed by atoms with Crippen molar-refractivity contribution in [3.63, 3.8) is 0 Å². The lowest BCUT2D eigenvalue weighted by atomic mass is 9.98. The number of carbonyl (C=O) groups is 1. The Morgan fingerprint density at radius 1 is 0.896 bits per heavy atom. The molecule has 2 saturated heterocycles. The number of carbonyl (C=O) groups excluding carboxylic acids is 1. The Kier molecular flexibility index (Phi) is 10.6. The first-order valence-electron chi connectivity index (χ1n) is 15.6. The molecule has 1 atom stereocenters. The van der Waals surface area contributed by atoms with E-state index in [2.05, 4.69) is 25.0 Å². The molecule has 0 unspecified atom stereocenters. The summed E-state index contributed by atoms with van der Waals surface area (Å²) < 4.78 is 40.6. The molecule has 2 aromatic carbocycles. The number of rotatable bonds is 13. The van der Waals surface area contributed by atoms with Gasteiger partial charge in [-0.15, -0.1) is 0 Å². The summed E-state index contributed by atoms with van der Waals surface area (Å²) in [4.78, 5) is 32.1. The number of aryl methyl sites for hydroxylation is 1. The van der Waals surface area contributed by atoms with E-state index in [-0.39, 0.29) is 11.9 Å². The lowest BCUT2D eigenvalue weighted by Crippen LogP contribution is -2.52. The van der Waals surface area contributed by atoms with Crippen LogP contribution in [0.15, 0.2) is 48.8 Å². The first-order chi connectivity index (χ1) is 23.2. The van der Waals surface area contributed by atoms with E-state index in [0.717, 1.165) is 25.0 Å². The van der Waals surface area contributed by atoms with Crippen LogP contribution in [0.2, 0.25) is 10.0 Å². The molecule has 10 nitrogen and oxygen atoms in total. The van der Waals surface area contributed by atoms with Crippen LogP contribution in [0.3, 0.4) is 0 Å². The number of alkyl halides is 2. The van der Waals surface area contributed by atoms with Crippen LogP contribution in [0.4, 0.5) is 8.78 Å². The molecule has 6 rings (SSSR count). The molecular weight excluding hydrogens is 665 g/mol. The van der Waals surface area contributed by atoms with Gasteiger partial charge in [-0.3, -0.25) is 19.7 Å². The van der Waals surface area contributed by atoms with Crippen LogP contribution in [-0.2, 0) is 22.5 Å². The van der Waals surface area contributed by atoms with Gasteiger partial charge in [-0.25, -0.2) is 9.97 Å². The van der Waals surface area contributed by atoms with Crippen molar-refractivity contribution in [2.75, 3.05) is 27.3 Å². The maximum Gasteiger partial charge on any atom is 0.345 e. The zero-order valence-corrected chi connectivity index (χ0v) is 27.9. The van der Waals surface area contributed by atoms with E-state index in [1.807, 2.05) is 41.3 Å². The van der Waals surface area contributed by atoms with E-state index in [0.29, 0.717) is 93.6 Å². The molecule has 0 aliphatic carbocycles. The summed E-state index contributed by atoms with van der Waals surface area (Å²) in [7, 11) is 3.06. The summed E-state index contributed by atoms with van der Waals surface area (Å²) in [5.74, 6) is 0.850. The van der Waals surface area contributed by atoms with Crippen LogP contribution in [-0.4, -0.2) is 76.8 Å². The highest BCUT2D eigenvalue weighted by atomic mass is 35.5. The van der Waals surface area contributed by atoms with Crippen molar-refractivity contribution in [3.8, 4) is 45.4 Å². The molecule has 4 heterocycles. The predicted molar refractivity (Wildman–Crippen MR) is 177 cm³/mol. The molecule has 0 saturated carbocycles. The summed E-state index contributed by atoms with van der Waals surface area (Å²) in [5, 5.41) is 3.87. The second-order valence-corrected chi connectivity index (χ2v) is 12.4. The number of aromatic nitrogens is 4. The van der Waals surface area contributed by atoms with Gasteiger partial charge in [-0.05, 0) is 25.7 Å². The summed E-state index contributed by atoms with van der Waals surface area (Å²) in [6, 6.07) is 11.4. The molecular formula is C34H34Cl2F2N6O4. The SMILES string of the molecule is COc1nc(-c2cccc(-c3cccc(-c4cnc(CN5CC(OC(F)F)C5)c(OC)n4)c3Cl)c2Cl)cnc1CCC[C@@H]1CCC(=O)N1. The Bertz CT molecular complexity index is 1790. The molecule has 2 aliphatic heterocycles. The molecule has 2 aliphatic rings. The van der Waals surface area contributed by atoms with E-state index in [9.17, 15) is 13.6 Å². The smallest absolute Gasteiger partial charge is 0.345 e. The minimum Gasteiger partial charge on any atom is -0.480 e. The molecule has 0 radical (unpaired) electrons. The number of likely N-dealkylation sites (tertiary alicyclic amines) is 1. The zero-order valence-electron chi connectivity index (χ0n) is 26.4. The monoisotopic (exact) mass is 698 g/mol. The molecule has 14 heteroatoms. The van der Waals surface area contributed by atoms with Gasteiger partial charge >= 0.3 is 6.61 Å². The fraction of sp³-hybridized carbons (Fsp3) is 0.382. The molecule has 1 N–H and O–H groups in total. The van der Waals surface area contributed by atoms with Gasteiger partial charge in [0.15, 0.2) is 0 Å². The Morgan fingerprint density at radius 2 is 1.46 bits per heavy atom. The number of hydrogen-bond donors (Lipinski definition) is 1. The third kappa shape index (κ3) is 7.52. The van der Waals surface area contributed by atoms with Crippen molar-refractivity contribution in [2.24, 2.45) is 0 Å². The minimum absolute atomic E-state index is 0.110. The molecule has 0 spiro atoms. The van der Waals surface area contributed by atoms with Crippen molar-refractivity contribution >= 4 is 29.1 Å². The van der Waals surface area contributed by atoms with Crippen molar-refractivity contribution in [3.05, 3.63) is 70.2 Å². The van der Waals surface area contributed by atoms with Gasteiger partial charge in [-0.2, -0.15) is 8.78 Å². The van der Waals surface area contributed by atoms with Crippen LogP contribution in [0.5, 0.6) is 11.8 Å². The number of nitrogens with zero attached hydrogens (tertiary/aromatic N) is 5. The van der Waals surface area contributed by atoms with Gasteiger partial charge in [0.1, 0.15) is 11.4 Å². The molecule has 1 amide bonds. The predicted octanol–water partition coefficient (Wildman–Crippen LogP) is 6.62. The third-order valence-corrected chi connectivity index (χ3v) is 9.31. The summed E-state index contributed by atoms with van der Waals surface area (Å²) >= 11 is 14.0. The number of benzene rings is 2. The van der Waals surface area contributed by atoms with Crippen molar-refractivity contribution < 1.29 is 27.8 Å². The van der Waals surface area contributed by atoms with Gasteiger partial charge < -0.3 is 19.5 Å². The van der Waals surface area contributed by atoms with Crippen LogP contribution >= 0.6 is 23.2 Å². The van der Waals surface area contributed by atoms with Gasteiger partial charge in [0, 0.05) is 54.4 Å². The highest BCUT2D eigenvalue weighted by Crippen LogP contribution is 2.42. The fourth-order valence-electron chi connectivity index (χ4n) is 6.04. The lowest BCUT2D eigenvalue weighted by molar-refractivity contribution is -0.197. The fourth-order valence-corrected chi connectivity index (χ4v) is 6.69. The maximum absolute atomic E-state index is 12.5. The largest absolute Gasteiger partial charge is 0.480 e. The topological polar surface area (TPSA) is 112 Å². The number of methoxy groups -OCH3 is 2.